The van der Waals surface area contributed by atoms with Gasteiger partial charge in [-0.3, -0.25) is 14.3 Å². The molecule has 0 heterocycles. The first kappa shape index (κ1) is 23.0. The summed E-state index contributed by atoms with van der Waals surface area (Å²) < 4.78 is 28.0. The van der Waals surface area contributed by atoms with Gasteiger partial charge in [0.05, 0.1) is 10.6 Å². The zero-order valence-electron chi connectivity index (χ0n) is 18.1. The van der Waals surface area contributed by atoms with Crippen molar-refractivity contribution in [2.45, 2.75) is 32.1 Å². The maximum atomic E-state index is 12.7. The van der Waals surface area contributed by atoms with Gasteiger partial charge in [-0.05, 0) is 79.6 Å². The van der Waals surface area contributed by atoms with E-state index in [1.165, 1.54) is 24.3 Å². The Labute approximate surface area is 187 Å². The summed E-state index contributed by atoms with van der Waals surface area (Å²) in [5, 5.41) is 5.48. The summed E-state index contributed by atoms with van der Waals surface area (Å²) in [5.74, 6) is -0.467. The van der Waals surface area contributed by atoms with Crippen LogP contribution in [0.5, 0.6) is 0 Å². The largest absolute Gasteiger partial charge is 0.326 e. The first-order valence-electron chi connectivity index (χ1n) is 10.1. The SMILES string of the molecule is CCC(=O)Nc1ccc(NC(=O)c2ccc(S(=O)(=O)Nc3cccc(C)c3C)cc2)cc1. The van der Waals surface area contributed by atoms with Gasteiger partial charge in [0.25, 0.3) is 15.9 Å². The van der Waals surface area contributed by atoms with Crippen LogP contribution in [0, 0.1) is 13.8 Å². The van der Waals surface area contributed by atoms with E-state index in [0.717, 1.165) is 11.1 Å². The van der Waals surface area contributed by atoms with Crippen molar-refractivity contribution in [2.24, 2.45) is 0 Å². The van der Waals surface area contributed by atoms with Crippen LogP contribution >= 0.6 is 0 Å². The number of anilines is 3. The minimum absolute atomic E-state index is 0.0611. The molecule has 3 aromatic rings. The van der Waals surface area contributed by atoms with E-state index in [1.54, 1.807) is 43.3 Å². The lowest BCUT2D eigenvalue weighted by Gasteiger charge is -2.12. The number of aryl methyl sites for hydroxylation is 1. The van der Waals surface area contributed by atoms with Gasteiger partial charge in [-0.1, -0.05) is 19.1 Å². The molecule has 2 amide bonds. The van der Waals surface area contributed by atoms with Crippen molar-refractivity contribution < 1.29 is 18.0 Å². The molecule has 0 radical (unpaired) electrons. The summed E-state index contributed by atoms with van der Waals surface area (Å²) in [6.07, 6.45) is 0.379. The zero-order valence-corrected chi connectivity index (χ0v) is 18.9. The van der Waals surface area contributed by atoms with E-state index in [2.05, 4.69) is 15.4 Å². The highest BCUT2D eigenvalue weighted by Gasteiger charge is 2.17. The Morgan fingerprint density at radius 1 is 0.812 bits per heavy atom. The molecule has 0 saturated heterocycles. The fraction of sp³-hybridized carbons (Fsp3) is 0.167. The number of sulfonamides is 1. The van der Waals surface area contributed by atoms with Crippen molar-refractivity contribution >= 4 is 38.9 Å². The van der Waals surface area contributed by atoms with Gasteiger partial charge < -0.3 is 10.6 Å². The molecule has 8 heteroatoms. The van der Waals surface area contributed by atoms with Crippen molar-refractivity contribution in [3.05, 3.63) is 83.4 Å². The first-order valence-corrected chi connectivity index (χ1v) is 11.6. The molecule has 0 aliphatic carbocycles. The standard InChI is InChI=1S/C24H25N3O4S/c1-4-23(28)25-19-10-12-20(13-11-19)26-24(29)18-8-14-21(15-9-18)32(30,31)27-22-7-5-6-16(2)17(22)3/h5-15,27H,4H2,1-3H3,(H,25,28)(H,26,29). The average molecular weight is 452 g/mol. The molecule has 3 aromatic carbocycles. The molecule has 0 saturated carbocycles. The molecule has 3 N–H and O–H groups in total. The van der Waals surface area contributed by atoms with Crippen LogP contribution < -0.4 is 15.4 Å². The summed E-state index contributed by atoms with van der Waals surface area (Å²) in [7, 11) is -3.79. The van der Waals surface area contributed by atoms with Crippen LogP contribution in [-0.4, -0.2) is 20.2 Å². The van der Waals surface area contributed by atoms with Crippen molar-refractivity contribution in [1.82, 2.24) is 0 Å². The topological polar surface area (TPSA) is 104 Å². The Balaban J connectivity index is 1.68. The number of benzene rings is 3. The van der Waals surface area contributed by atoms with Gasteiger partial charge in [-0.2, -0.15) is 0 Å². The van der Waals surface area contributed by atoms with Gasteiger partial charge in [-0.15, -0.1) is 0 Å². The lowest BCUT2D eigenvalue weighted by Crippen LogP contribution is -2.15. The minimum Gasteiger partial charge on any atom is -0.326 e. The number of carbonyl (C=O) groups excluding carboxylic acids is 2. The molecular weight excluding hydrogens is 426 g/mol. The maximum absolute atomic E-state index is 12.7. The fourth-order valence-corrected chi connectivity index (χ4v) is 4.06. The zero-order chi connectivity index (χ0) is 23.3. The third kappa shape index (κ3) is 5.53. The van der Waals surface area contributed by atoms with Crippen molar-refractivity contribution in [1.29, 1.82) is 0 Å². The molecule has 3 rings (SSSR count). The number of nitrogens with one attached hydrogen (secondary N) is 3. The highest BCUT2D eigenvalue weighted by atomic mass is 32.2. The second-order valence-electron chi connectivity index (χ2n) is 7.31. The smallest absolute Gasteiger partial charge is 0.261 e. The Morgan fingerprint density at radius 3 is 2.00 bits per heavy atom. The molecule has 0 unspecified atom stereocenters. The minimum atomic E-state index is -3.79. The third-order valence-corrected chi connectivity index (χ3v) is 6.40. The van der Waals surface area contributed by atoms with Gasteiger partial charge >= 0.3 is 0 Å². The van der Waals surface area contributed by atoms with Gasteiger partial charge in [-0.25, -0.2) is 8.42 Å². The molecule has 7 nitrogen and oxygen atoms in total. The van der Waals surface area contributed by atoms with Crippen LogP contribution in [0.25, 0.3) is 0 Å². The van der Waals surface area contributed by atoms with E-state index in [1.807, 2.05) is 19.9 Å². The Kier molecular flexibility index (Phi) is 6.95. The predicted molar refractivity (Wildman–Crippen MR) is 126 cm³/mol. The van der Waals surface area contributed by atoms with E-state index in [4.69, 9.17) is 0 Å². The molecule has 166 valence electrons. The Hall–Kier alpha value is -3.65. The summed E-state index contributed by atoms with van der Waals surface area (Å²) in [4.78, 5) is 24.0. The van der Waals surface area contributed by atoms with E-state index in [0.29, 0.717) is 29.0 Å². The van der Waals surface area contributed by atoms with E-state index in [9.17, 15) is 18.0 Å². The molecule has 0 fully saturated rings. The van der Waals surface area contributed by atoms with Crippen LogP contribution in [0.4, 0.5) is 17.1 Å². The van der Waals surface area contributed by atoms with Crippen LogP contribution in [0.1, 0.15) is 34.8 Å². The van der Waals surface area contributed by atoms with E-state index < -0.39 is 10.0 Å². The van der Waals surface area contributed by atoms with E-state index >= 15 is 0 Å². The monoisotopic (exact) mass is 451 g/mol. The first-order chi connectivity index (χ1) is 15.2. The van der Waals surface area contributed by atoms with Crippen molar-refractivity contribution in [2.75, 3.05) is 15.4 Å². The number of amides is 2. The summed E-state index contributed by atoms with van der Waals surface area (Å²) >= 11 is 0. The van der Waals surface area contributed by atoms with Crippen LogP contribution in [0.15, 0.2) is 71.6 Å². The second-order valence-corrected chi connectivity index (χ2v) is 8.99. The predicted octanol–water partition coefficient (Wildman–Crippen LogP) is 4.71. The summed E-state index contributed by atoms with van der Waals surface area (Å²) in [5.41, 5.74) is 3.87. The van der Waals surface area contributed by atoms with Crippen LogP contribution in [0.3, 0.4) is 0 Å². The molecule has 0 spiro atoms. The molecule has 0 aliphatic rings. The third-order valence-electron chi connectivity index (χ3n) is 5.02. The highest BCUT2D eigenvalue weighted by molar-refractivity contribution is 7.92. The second kappa shape index (κ2) is 9.65. The molecular formula is C24H25N3O4S. The molecule has 0 bridgehead atoms. The quantitative estimate of drug-likeness (QED) is 0.484. The van der Waals surface area contributed by atoms with Gasteiger partial charge in [0, 0.05) is 23.4 Å². The average Bonchev–Trinajstić information content (AvgIpc) is 2.78. The van der Waals surface area contributed by atoms with Gasteiger partial charge in [0.2, 0.25) is 5.91 Å². The molecule has 0 aliphatic heterocycles. The number of hydrogen-bond donors (Lipinski definition) is 3. The van der Waals surface area contributed by atoms with Crippen LogP contribution in [0.2, 0.25) is 0 Å². The van der Waals surface area contributed by atoms with Gasteiger partial charge in [0.15, 0.2) is 0 Å². The normalized spacial score (nSPS) is 11.0. The number of rotatable bonds is 7. The number of hydrogen-bond acceptors (Lipinski definition) is 4. The van der Waals surface area contributed by atoms with Gasteiger partial charge in [0.1, 0.15) is 0 Å². The highest BCUT2D eigenvalue weighted by Crippen LogP contribution is 2.22. The number of carbonyl (C=O) groups is 2. The molecule has 0 atom stereocenters. The van der Waals surface area contributed by atoms with Crippen LogP contribution in [-0.2, 0) is 14.8 Å². The van der Waals surface area contributed by atoms with Crippen molar-refractivity contribution in [3.63, 3.8) is 0 Å². The lowest BCUT2D eigenvalue weighted by molar-refractivity contribution is -0.115. The lowest BCUT2D eigenvalue weighted by atomic mass is 10.1. The van der Waals surface area contributed by atoms with Crippen molar-refractivity contribution in [3.8, 4) is 0 Å². The molecule has 0 aromatic heterocycles. The Bertz CT molecular complexity index is 1240. The summed E-state index contributed by atoms with van der Waals surface area (Å²) in [6, 6.07) is 17.9. The van der Waals surface area contributed by atoms with E-state index in [-0.39, 0.29) is 16.7 Å². The Morgan fingerprint density at radius 2 is 1.41 bits per heavy atom. The fourth-order valence-electron chi connectivity index (χ4n) is 2.94. The molecule has 32 heavy (non-hydrogen) atoms. The maximum Gasteiger partial charge on any atom is 0.261 e. The summed E-state index contributed by atoms with van der Waals surface area (Å²) in [6.45, 7) is 5.53.